The monoisotopic (exact) mass is 539 g/mol. The van der Waals surface area contributed by atoms with Crippen molar-refractivity contribution in [2.24, 2.45) is 0 Å². The number of benzene rings is 2. The van der Waals surface area contributed by atoms with E-state index in [9.17, 15) is 19.2 Å². The first-order chi connectivity index (χ1) is 18.8. The number of carbonyl (C=O) groups is 4. The van der Waals surface area contributed by atoms with Crippen LogP contribution in [0.2, 0.25) is 0 Å². The summed E-state index contributed by atoms with van der Waals surface area (Å²) in [6.07, 6.45) is 2.32. The van der Waals surface area contributed by atoms with Gasteiger partial charge in [-0.05, 0) is 65.8 Å². The molecule has 1 atom stereocenters. The maximum Gasteiger partial charge on any atom is 0.302 e. The van der Waals surface area contributed by atoms with Crippen molar-refractivity contribution in [3.63, 3.8) is 0 Å². The maximum absolute atomic E-state index is 12.6. The van der Waals surface area contributed by atoms with Crippen LogP contribution in [0.15, 0.2) is 36.4 Å². The van der Waals surface area contributed by atoms with E-state index in [1.807, 2.05) is 36.4 Å². The van der Waals surface area contributed by atoms with Gasteiger partial charge in [0.05, 0.1) is 6.61 Å². The molecule has 3 rings (SSSR count). The molecule has 39 heavy (non-hydrogen) atoms. The second kappa shape index (κ2) is 15.0. The average Bonchev–Trinajstić information content (AvgIpc) is 3.18. The first-order valence-corrected chi connectivity index (χ1v) is 13.2. The zero-order chi connectivity index (χ0) is 28.2. The fourth-order valence-electron chi connectivity index (χ4n) is 4.50. The molecule has 0 spiro atoms. The highest BCUT2D eigenvalue weighted by Crippen LogP contribution is 2.46. The number of unbranched alkanes of at least 4 members (excludes halogenated alkanes) is 1. The number of nitrogens with one attached hydrogen (secondary N) is 3. The third-order valence-corrected chi connectivity index (χ3v) is 6.27. The third-order valence-electron chi connectivity index (χ3n) is 6.27. The molecule has 10 heteroatoms. The van der Waals surface area contributed by atoms with Crippen molar-refractivity contribution in [2.45, 2.75) is 51.9 Å². The number of fused-ring (bicyclic) bond motifs is 3. The maximum atomic E-state index is 12.6. The van der Waals surface area contributed by atoms with E-state index in [0.717, 1.165) is 28.7 Å². The largest absolute Gasteiger partial charge is 0.465 e. The molecule has 1 aliphatic carbocycles. The summed E-state index contributed by atoms with van der Waals surface area (Å²) in [5.41, 5.74) is 5.08. The lowest BCUT2D eigenvalue weighted by molar-refractivity contribution is -0.141. The predicted molar refractivity (Wildman–Crippen MR) is 147 cm³/mol. The number of aliphatic hydroxyl groups is 1. The molecule has 0 aliphatic heterocycles. The van der Waals surface area contributed by atoms with E-state index < -0.39 is 0 Å². The van der Waals surface area contributed by atoms with Gasteiger partial charge in [0.25, 0.3) is 0 Å². The number of ether oxygens (including phenoxy) is 2. The van der Waals surface area contributed by atoms with Gasteiger partial charge in [0.15, 0.2) is 0 Å². The molecule has 3 amide bonds. The van der Waals surface area contributed by atoms with Gasteiger partial charge in [0, 0.05) is 63.7 Å². The molecule has 0 aromatic heterocycles. The van der Waals surface area contributed by atoms with Crippen LogP contribution in [0.5, 0.6) is 0 Å². The van der Waals surface area contributed by atoms with Gasteiger partial charge in [0.1, 0.15) is 6.61 Å². The molecule has 4 N–H and O–H groups in total. The van der Waals surface area contributed by atoms with Gasteiger partial charge in [-0.15, -0.1) is 0 Å². The van der Waals surface area contributed by atoms with Crippen LogP contribution in [0.3, 0.4) is 0 Å². The number of hydrogen-bond donors (Lipinski definition) is 4. The average molecular weight is 540 g/mol. The van der Waals surface area contributed by atoms with Gasteiger partial charge in [-0.2, -0.15) is 0 Å². The lowest BCUT2D eigenvalue weighted by Gasteiger charge is -2.15. The summed E-state index contributed by atoms with van der Waals surface area (Å²) < 4.78 is 10.7. The molecule has 0 saturated heterocycles. The van der Waals surface area contributed by atoms with Crippen LogP contribution >= 0.6 is 0 Å². The molecular weight excluding hydrogens is 502 g/mol. The van der Waals surface area contributed by atoms with Crippen LogP contribution in [0.25, 0.3) is 11.1 Å². The number of carbonyl (C=O) groups excluding carboxylic acids is 4. The summed E-state index contributed by atoms with van der Waals surface area (Å²) in [6.45, 7) is 4.45. The van der Waals surface area contributed by atoms with Crippen molar-refractivity contribution in [3.8, 4) is 11.1 Å². The first-order valence-electron chi connectivity index (χ1n) is 13.2. The van der Waals surface area contributed by atoms with Crippen LogP contribution in [0.1, 0.15) is 63.0 Å². The van der Waals surface area contributed by atoms with Crippen LogP contribution in [0.4, 0.5) is 11.4 Å². The van der Waals surface area contributed by atoms with E-state index in [1.54, 1.807) is 0 Å². The van der Waals surface area contributed by atoms with E-state index in [0.29, 0.717) is 44.0 Å². The van der Waals surface area contributed by atoms with Crippen LogP contribution < -0.4 is 16.0 Å². The van der Waals surface area contributed by atoms with Gasteiger partial charge < -0.3 is 30.5 Å². The molecule has 0 fully saturated rings. The van der Waals surface area contributed by atoms with Crippen LogP contribution in [0, 0.1) is 0 Å². The first kappa shape index (κ1) is 29.8. The van der Waals surface area contributed by atoms with E-state index in [2.05, 4.69) is 16.0 Å². The number of hydrogen-bond acceptors (Lipinski definition) is 7. The minimum atomic E-state index is -0.387. The standard InChI is InChI=1S/C29H37N3O7/c1-19(34)31-21-8-10-23-24-11-9-22(17-26(24)27(25(23)16-21)18-39-20(2)35)32-29(37)7-5-6-28(36)30-12-15-38-14-4-3-13-33/h8-11,16-17,27,33H,3-7,12-15,18H2,1-2H3,(H,30,36)(H,31,34)(H,32,37). The smallest absolute Gasteiger partial charge is 0.302 e. The Morgan fingerprint density at radius 3 is 2.08 bits per heavy atom. The summed E-state index contributed by atoms with van der Waals surface area (Å²) in [6, 6.07) is 11.3. The Bertz CT molecular complexity index is 1180. The van der Waals surface area contributed by atoms with Gasteiger partial charge in [-0.25, -0.2) is 0 Å². The van der Waals surface area contributed by atoms with Gasteiger partial charge in [-0.1, -0.05) is 12.1 Å². The van der Waals surface area contributed by atoms with E-state index in [1.165, 1.54) is 13.8 Å². The van der Waals surface area contributed by atoms with Crippen molar-refractivity contribution < 1.29 is 33.8 Å². The van der Waals surface area contributed by atoms with Crippen molar-refractivity contribution in [2.75, 3.05) is 43.6 Å². The SMILES string of the molecule is CC(=O)Nc1ccc2c(c1)C(COC(C)=O)c1cc(NC(=O)CCCC(=O)NCCOCCCCO)ccc1-2. The highest BCUT2D eigenvalue weighted by atomic mass is 16.5. The summed E-state index contributed by atoms with van der Waals surface area (Å²) in [5, 5.41) is 17.2. The number of aliphatic hydroxyl groups excluding tert-OH is 1. The molecule has 2 aromatic rings. The Morgan fingerprint density at radius 2 is 1.46 bits per heavy atom. The molecule has 1 unspecified atom stereocenters. The Balaban J connectivity index is 1.54. The molecule has 0 saturated carbocycles. The Hall–Kier alpha value is -3.76. The predicted octanol–water partition coefficient (Wildman–Crippen LogP) is 3.33. The molecule has 210 valence electrons. The normalized spacial score (nSPS) is 13.3. The molecule has 0 radical (unpaired) electrons. The Morgan fingerprint density at radius 1 is 0.821 bits per heavy atom. The molecule has 0 heterocycles. The van der Waals surface area contributed by atoms with E-state index >= 15 is 0 Å². The van der Waals surface area contributed by atoms with E-state index in [-0.39, 0.29) is 55.7 Å². The highest BCUT2D eigenvalue weighted by Gasteiger charge is 2.30. The molecule has 10 nitrogen and oxygen atoms in total. The Labute approximate surface area is 228 Å². The van der Waals surface area contributed by atoms with Gasteiger partial charge in [0.2, 0.25) is 17.7 Å². The van der Waals surface area contributed by atoms with Gasteiger partial charge in [-0.3, -0.25) is 19.2 Å². The quantitative estimate of drug-likeness (QED) is 0.201. The molecule has 0 bridgehead atoms. The lowest BCUT2D eigenvalue weighted by Crippen LogP contribution is -2.27. The highest BCUT2D eigenvalue weighted by molar-refractivity contribution is 5.93. The topological polar surface area (TPSA) is 143 Å². The van der Waals surface area contributed by atoms with Crippen molar-refractivity contribution >= 4 is 35.1 Å². The fourth-order valence-corrected chi connectivity index (χ4v) is 4.50. The fraction of sp³-hybridized carbons (Fsp3) is 0.448. The minimum absolute atomic E-state index is 0.135. The third kappa shape index (κ3) is 9.19. The molecule has 2 aromatic carbocycles. The summed E-state index contributed by atoms with van der Waals surface area (Å²) >= 11 is 0. The van der Waals surface area contributed by atoms with Crippen LogP contribution in [-0.4, -0.2) is 61.8 Å². The second-order valence-electron chi connectivity index (χ2n) is 9.44. The summed E-state index contributed by atoms with van der Waals surface area (Å²) in [5.74, 6) is -1.14. The van der Waals surface area contributed by atoms with Crippen molar-refractivity contribution in [1.29, 1.82) is 0 Å². The minimum Gasteiger partial charge on any atom is -0.465 e. The zero-order valence-electron chi connectivity index (χ0n) is 22.5. The van der Waals surface area contributed by atoms with Crippen molar-refractivity contribution in [1.82, 2.24) is 5.32 Å². The second-order valence-corrected chi connectivity index (χ2v) is 9.44. The summed E-state index contributed by atoms with van der Waals surface area (Å²) in [7, 11) is 0. The number of esters is 1. The molecule has 1 aliphatic rings. The van der Waals surface area contributed by atoms with E-state index in [4.69, 9.17) is 14.6 Å². The summed E-state index contributed by atoms with van der Waals surface area (Å²) in [4.78, 5) is 47.6. The number of anilines is 2. The Kier molecular flexibility index (Phi) is 11.4. The number of amides is 3. The molecular formula is C29H37N3O7. The van der Waals surface area contributed by atoms with Crippen LogP contribution in [-0.2, 0) is 28.7 Å². The van der Waals surface area contributed by atoms with Gasteiger partial charge >= 0.3 is 5.97 Å². The lowest BCUT2D eigenvalue weighted by atomic mass is 9.97. The zero-order valence-corrected chi connectivity index (χ0v) is 22.5. The van der Waals surface area contributed by atoms with Crippen molar-refractivity contribution in [3.05, 3.63) is 47.5 Å². The number of rotatable bonds is 15.